The molecule has 3 nitrogen and oxygen atoms in total. The van der Waals surface area contributed by atoms with Crippen LogP contribution in [0.4, 0.5) is 0 Å². The zero-order valence-corrected chi connectivity index (χ0v) is 9.43. The van der Waals surface area contributed by atoms with Gasteiger partial charge < -0.3 is 10.1 Å². The molecule has 0 bridgehead atoms. The van der Waals surface area contributed by atoms with Crippen LogP contribution in [0.3, 0.4) is 0 Å². The van der Waals surface area contributed by atoms with Gasteiger partial charge >= 0.3 is 0 Å². The summed E-state index contributed by atoms with van der Waals surface area (Å²) in [5.74, 6) is 0.953. The number of rotatable bonds is 6. The summed E-state index contributed by atoms with van der Waals surface area (Å²) in [6, 6.07) is 4.14. The maximum absolute atomic E-state index is 4.97. The van der Waals surface area contributed by atoms with Gasteiger partial charge in [-0.15, -0.1) is 11.8 Å². The fraction of sp³-hybridized carbons (Fsp3) is 0.500. The minimum atomic E-state index is 0.768. The molecule has 0 aliphatic heterocycles. The van der Waals surface area contributed by atoms with Crippen molar-refractivity contribution in [1.82, 2.24) is 10.3 Å². The van der Waals surface area contributed by atoms with E-state index in [9.17, 15) is 0 Å². The van der Waals surface area contributed by atoms with Crippen LogP contribution in [0.25, 0.3) is 0 Å². The molecule has 0 unspecified atom stereocenters. The smallest absolute Gasteiger partial charge is 0.0960 e. The van der Waals surface area contributed by atoms with Gasteiger partial charge in [0.05, 0.1) is 11.6 Å². The topological polar surface area (TPSA) is 34.1 Å². The van der Waals surface area contributed by atoms with Crippen molar-refractivity contribution >= 4 is 11.8 Å². The number of hydrogen-bond acceptors (Lipinski definition) is 4. The average molecular weight is 212 g/mol. The molecule has 0 radical (unpaired) electrons. The molecule has 0 saturated carbocycles. The number of hydrogen-bond donors (Lipinski definition) is 1. The highest BCUT2D eigenvalue weighted by atomic mass is 32.2. The molecule has 0 amide bonds. The quantitative estimate of drug-likeness (QED) is 0.573. The van der Waals surface area contributed by atoms with E-state index in [1.165, 1.54) is 5.56 Å². The first-order valence-corrected chi connectivity index (χ1v) is 5.56. The van der Waals surface area contributed by atoms with Crippen molar-refractivity contribution in [3.63, 3.8) is 0 Å². The van der Waals surface area contributed by atoms with Gasteiger partial charge in [0.1, 0.15) is 0 Å². The van der Waals surface area contributed by atoms with Crippen LogP contribution in [-0.4, -0.2) is 31.5 Å². The van der Waals surface area contributed by atoms with E-state index in [-0.39, 0.29) is 0 Å². The van der Waals surface area contributed by atoms with Crippen molar-refractivity contribution in [2.75, 3.05) is 26.5 Å². The predicted molar refractivity (Wildman–Crippen MR) is 59.6 cm³/mol. The van der Waals surface area contributed by atoms with Gasteiger partial charge in [-0.05, 0) is 18.7 Å². The third kappa shape index (κ3) is 4.09. The summed E-state index contributed by atoms with van der Waals surface area (Å²) in [6.07, 6.45) is 1.91. The Morgan fingerprint density at radius 1 is 1.50 bits per heavy atom. The van der Waals surface area contributed by atoms with Gasteiger partial charge in [-0.25, -0.2) is 4.98 Å². The van der Waals surface area contributed by atoms with E-state index in [4.69, 9.17) is 4.74 Å². The van der Waals surface area contributed by atoms with E-state index < -0.39 is 0 Å². The van der Waals surface area contributed by atoms with Gasteiger partial charge in [0.25, 0.3) is 0 Å². The molecule has 1 rings (SSSR count). The van der Waals surface area contributed by atoms with Crippen LogP contribution < -0.4 is 5.32 Å². The van der Waals surface area contributed by atoms with Crippen LogP contribution in [0.1, 0.15) is 5.56 Å². The number of nitrogens with zero attached hydrogens (tertiary/aromatic N) is 1. The summed E-state index contributed by atoms with van der Waals surface area (Å²) in [7, 11) is 3.64. The number of nitrogens with one attached hydrogen (secondary N) is 1. The molecule has 0 atom stereocenters. The lowest BCUT2D eigenvalue weighted by Crippen LogP contribution is -2.05. The molecule has 1 N–H and O–H groups in total. The van der Waals surface area contributed by atoms with Crippen LogP contribution in [-0.2, 0) is 11.3 Å². The molecule has 0 aliphatic rings. The second-order valence-electron chi connectivity index (χ2n) is 2.88. The fourth-order valence-electron chi connectivity index (χ4n) is 1.03. The molecule has 0 saturated heterocycles. The lowest BCUT2D eigenvalue weighted by Gasteiger charge is -2.02. The maximum Gasteiger partial charge on any atom is 0.0960 e. The normalized spacial score (nSPS) is 10.4. The lowest BCUT2D eigenvalue weighted by atomic mass is 10.3. The molecular formula is C10H16N2OS. The Bertz CT molecular complexity index is 251. The summed E-state index contributed by atoms with van der Waals surface area (Å²) < 4.78 is 4.97. The summed E-state index contributed by atoms with van der Waals surface area (Å²) in [5.41, 5.74) is 1.21. The van der Waals surface area contributed by atoms with E-state index in [1.807, 2.05) is 19.3 Å². The molecule has 1 heterocycles. The van der Waals surface area contributed by atoms with Crippen LogP contribution in [0.15, 0.2) is 23.4 Å². The highest BCUT2D eigenvalue weighted by Gasteiger charge is 1.96. The molecule has 0 spiro atoms. The van der Waals surface area contributed by atoms with Crippen molar-refractivity contribution < 1.29 is 4.74 Å². The Kier molecular flexibility index (Phi) is 5.59. The number of thioether (sulfide) groups is 1. The molecule has 1 aromatic rings. The summed E-state index contributed by atoms with van der Waals surface area (Å²) >= 11 is 1.72. The zero-order valence-electron chi connectivity index (χ0n) is 8.62. The summed E-state index contributed by atoms with van der Waals surface area (Å²) in [5, 5.41) is 4.15. The number of methoxy groups -OCH3 is 1. The van der Waals surface area contributed by atoms with Crippen molar-refractivity contribution in [2.24, 2.45) is 0 Å². The first-order valence-electron chi connectivity index (χ1n) is 4.58. The molecule has 78 valence electrons. The molecule has 0 aliphatic carbocycles. The fourth-order valence-corrected chi connectivity index (χ4v) is 1.79. The van der Waals surface area contributed by atoms with Gasteiger partial charge in [0, 0.05) is 25.6 Å². The van der Waals surface area contributed by atoms with Crippen molar-refractivity contribution in [1.29, 1.82) is 0 Å². The highest BCUT2D eigenvalue weighted by Crippen LogP contribution is 2.14. The van der Waals surface area contributed by atoms with Crippen LogP contribution in [0, 0.1) is 0 Å². The second kappa shape index (κ2) is 6.81. The third-order valence-corrected chi connectivity index (χ3v) is 2.62. The largest absolute Gasteiger partial charge is 0.384 e. The average Bonchev–Trinajstić information content (AvgIpc) is 2.21. The van der Waals surface area contributed by atoms with Crippen LogP contribution in [0.2, 0.25) is 0 Å². The van der Waals surface area contributed by atoms with Gasteiger partial charge in [-0.2, -0.15) is 0 Å². The maximum atomic E-state index is 4.97. The standard InChI is InChI=1S/C10H16N2OS/c1-11-7-9-3-4-10(12-8-9)14-6-5-13-2/h3-4,8,11H,5-7H2,1-2H3. The van der Waals surface area contributed by atoms with Crippen molar-refractivity contribution in [3.05, 3.63) is 23.9 Å². The molecule has 14 heavy (non-hydrogen) atoms. The number of aromatic nitrogens is 1. The third-order valence-electron chi connectivity index (χ3n) is 1.72. The molecule has 0 fully saturated rings. The van der Waals surface area contributed by atoms with E-state index in [1.54, 1.807) is 18.9 Å². The van der Waals surface area contributed by atoms with E-state index >= 15 is 0 Å². The van der Waals surface area contributed by atoms with Crippen molar-refractivity contribution in [2.45, 2.75) is 11.6 Å². The number of pyridine rings is 1. The van der Waals surface area contributed by atoms with E-state index in [2.05, 4.69) is 16.4 Å². The van der Waals surface area contributed by atoms with E-state index in [0.717, 1.165) is 23.9 Å². The van der Waals surface area contributed by atoms with Gasteiger partial charge in [-0.3, -0.25) is 0 Å². The Morgan fingerprint density at radius 2 is 2.36 bits per heavy atom. The first kappa shape index (κ1) is 11.5. The van der Waals surface area contributed by atoms with Crippen LogP contribution >= 0.6 is 11.8 Å². The Labute approximate surface area is 89.3 Å². The Morgan fingerprint density at radius 3 is 2.93 bits per heavy atom. The van der Waals surface area contributed by atoms with Gasteiger partial charge in [0.15, 0.2) is 0 Å². The molecule has 4 heteroatoms. The minimum absolute atomic E-state index is 0.768. The summed E-state index contributed by atoms with van der Waals surface area (Å²) in [6.45, 7) is 1.64. The Balaban J connectivity index is 2.38. The predicted octanol–water partition coefficient (Wildman–Crippen LogP) is 1.54. The molecule has 1 aromatic heterocycles. The number of ether oxygens (including phenoxy) is 1. The van der Waals surface area contributed by atoms with E-state index in [0.29, 0.717) is 0 Å². The monoisotopic (exact) mass is 212 g/mol. The second-order valence-corrected chi connectivity index (χ2v) is 3.99. The van der Waals surface area contributed by atoms with Gasteiger partial charge in [0.2, 0.25) is 0 Å². The highest BCUT2D eigenvalue weighted by molar-refractivity contribution is 7.99. The molecular weight excluding hydrogens is 196 g/mol. The van der Waals surface area contributed by atoms with Gasteiger partial charge in [-0.1, -0.05) is 6.07 Å². The minimum Gasteiger partial charge on any atom is -0.384 e. The summed E-state index contributed by atoms with van der Waals surface area (Å²) in [4.78, 5) is 4.34. The molecule has 0 aromatic carbocycles. The lowest BCUT2D eigenvalue weighted by molar-refractivity contribution is 0.218. The van der Waals surface area contributed by atoms with Crippen LogP contribution in [0.5, 0.6) is 0 Å². The zero-order chi connectivity index (χ0) is 10.2. The Hall–Kier alpha value is -0.580. The SMILES string of the molecule is CNCc1ccc(SCCOC)nc1. The first-order chi connectivity index (χ1) is 6.86. The van der Waals surface area contributed by atoms with Crippen molar-refractivity contribution in [3.8, 4) is 0 Å².